The van der Waals surface area contributed by atoms with Crippen LogP contribution in [-0.4, -0.2) is 88.4 Å². The molecule has 1 unspecified atom stereocenters. The van der Waals surface area contributed by atoms with E-state index in [1.807, 2.05) is 0 Å². The Bertz CT molecular complexity index is 380. The van der Waals surface area contributed by atoms with Crippen molar-refractivity contribution in [2.45, 2.75) is 25.4 Å². The zero-order chi connectivity index (χ0) is 17.6. The van der Waals surface area contributed by atoms with Gasteiger partial charge in [0.25, 0.3) is 0 Å². The Morgan fingerprint density at radius 1 is 1.36 bits per heavy atom. The number of rotatable bonds is 11. The van der Waals surface area contributed by atoms with Gasteiger partial charge >= 0.3 is 0 Å². The molecule has 1 atom stereocenters. The van der Waals surface area contributed by atoms with Gasteiger partial charge in [0.05, 0.1) is 12.7 Å². The summed E-state index contributed by atoms with van der Waals surface area (Å²) in [5.74, 6) is 1.66. The van der Waals surface area contributed by atoms with Crippen molar-refractivity contribution in [1.82, 2.24) is 15.5 Å². The lowest BCUT2D eigenvalue weighted by Crippen LogP contribution is -2.40. The van der Waals surface area contributed by atoms with Gasteiger partial charge in [0, 0.05) is 46.2 Å². The van der Waals surface area contributed by atoms with Crippen LogP contribution in [0.1, 0.15) is 19.3 Å². The maximum absolute atomic E-state index is 11.6. The molecular formula is C16H33IN4O3S. The first kappa shape index (κ1) is 24.7. The van der Waals surface area contributed by atoms with Crippen molar-refractivity contribution < 1.29 is 14.3 Å². The van der Waals surface area contributed by atoms with Gasteiger partial charge in [0.2, 0.25) is 5.91 Å². The first-order valence-corrected chi connectivity index (χ1v) is 9.93. The highest BCUT2D eigenvalue weighted by Gasteiger charge is 2.14. The van der Waals surface area contributed by atoms with E-state index in [0.717, 1.165) is 44.7 Å². The number of carbonyl (C=O) groups excluding carboxylic acids is 1. The van der Waals surface area contributed by atoms with E-state index in [2.05, 4.69) is 21.9 Å². The summed E-state index contributed by atoms with van der Waals surface area (Å²) in [6.45, 7) is 3.97. The van der Waals surface area contributed by atoms with E-state index < -0.39 is 0 Å². The topological polar surface area (TPSA) is 75.2 Å². The number of nitrogens with zero attached hydrogens (tertiary/aromatic N) is 2. The number of hydrogen-bond donors (Lipinski definition) is 2. The number of halogens is 1. The second-order valence-electron chi connectivity index (χ2n) is 5.86. The van der Waals surface area contributed by atoms with Gasteiger partial charge in [0.1, 0.15) is 6.54 Å². The lowest BCUT2D eigenvalue weighted by molar-refractivity contribution is -0.127. The van der Waals surface area contributed by atoms with Crippen LogP contribution in [0.2, 0.25) is 0 Å². The second-order valence-corrected chi connectivity index (χ2v) is 6.85. The van der Waals surface area contributed by atoms with Crippen molar-refractivity contribution in [3.8, 4) is 0 Å². The zero-order valence-electron chi connectivity index (χ0n) is 15.6. The molecule has 1 rings (SSSR count). The Hall–Kier alpha value is -0.260. The summed E-state index contributed by atoms with van der Waals surface area (Å²) < 4.78 is 11.2. The molecule has 1 fully saturated rings. The van der Waals surface area contributed by atoms with Crippen LogP contribution in [-0.2, 0) is 14.3 Å². The number of likely N-dealkylation sites (N-methyl/N-ethyl adjacent to an activating group) is 1. The zero-order valence-corrected chi connectivity index (χ0v) is 18.7. The molecule has 0 aromatic rings. The van der Waals surface area contributed by atoms with Crippen LogP contribution in [0.5, 0.6) is 0 Å². The van der Waals surface area contributed by atoms with E-state index >= 15 is 0 Å². The average Bonchev–Trinajstić information content (AvgIpc) is 3.08. The fraction of sp³-hybridized carbons (Fsp3) is 0.875. The van der Waals surface area contributed by atoms with E-state index in [-0.39, 0.29) is 42.5 Å². The molecule has 9 heteroatoms. The van der Waals surface area contributed by atoms with E-state index in [1.165, 1.54) is 0 Å². The second kappa shape index (κ2) is 16.0. The van der Waals surface area contributed by atoms with E-state index in [0.29, 0.717) is 19.2 Å². The molecule has 0 aromatic carbocycles. The van der Waals surface area contributed by atoms with E-state index in [4.69, 9.17) is 9.47 Å². The summed E-state index contributed by atoms with van der Waals surface area (Å²) in [6, 6.07) is 0. The minimum atomic E-state index is -0.0131. The third kappa shape index (κ3) is 12.7. The lowest BCUT2D eigenvalue weighted by atomic mass is 10.2. The van der Waals surface area contributed by atoms with Crippen molar-refractivity contribution in [2.24, 2.45) is 4.99 Å². The smallest absolute Gasteiger partial charge is 0.243 e. The molecule has 0 bridgehead atoms. The lowest BCUT2D eigenvalue weighted by Gasteiger charge is -2.14. The molecule has 25 heavy (non-hydrogen) atoms. The van der Waals surface area contributed by atoms with Gasteiger partial charge in [-0.1, -0.05) is 0 Å². The fourth-order valence-corrected chi connectivity index (χ4v) is 2.41. The van der Waals surface area contributed by atoms with Crippen molar-refractivity contribution in [3.63, 3.8) is 0 Å². The number of hydrogen-bond acceptors (Lipinski definition) is 5. The molecule has 1 aliphatic rings. The maximum atomic E-state index is 11.6. The van der Waals surface area contributed by atoms with E-state index in [1.54, 1.807) is 30.8 Å². The van der Waals surface area contributed by atoms with Gasteiger partial charge in [-0.05, 0) is 25.5 Å². The summed E-state index contributed by atoms with van der Waals surface area (Å²) in [4.78, 5) is 17.5. The van der Waals surface area contributed by atoms with Crippen LogP contribution in [0, 0.1) is 0 Å². The predicted molar refractivity (Wildman–Crippen MR) is 115 cm³/mol. The number of nitrogens with one attached hydrogen (secondary N) is 2. The highest BCUT2D eigenvalue weighted by atomic mass is 127. The Balaban J connectivity index is 0.00000576. The standard InChI is InChI=1S/C16H32N4O3S.HI/c1-20(2)15(21)12-19-16(18-8-11-24-3)17-7-5-9-22-13-14-6-4-10-23-14;/h14H,4-13H2,1-3H3,(H2,17,18,19);1H. The highest BCUT2D eigenvalue weighted by Crippen LogP contribution is 2.11. The SMILES string of the molecule is CSCCNC(=NCC(=O)N(C)C)NCCCOCC1CCCO1.I. The monoisotopic (exact) mass is 488 g/mol. The number of amides is 1. The summed E-state index contributed by atoms with van der Waals surface area (Å²) in [5, 5.41) is 6.49. The van der Waals surface area contributed by atoms with Gasteiger partial charge in [-0.3, -0.25) is 4.79 Å². The summed E-state index contributed by atoms with van der Waals surface area (Å²) in [7, 11) is 3.47. The molecule has 2 N–H and O–H groups in total. The van der Waals surface area contributed by atoms with Crippen LogP contribution in [0.3, 0.4) is 0 Å². The molecule has 1 aliphatic heterocycles. The summed E-state index contributed by atoms with van der Waals surface area (Å²) in [5.41, 5.74) is 0. The largest absolute Gasteiger partial charge is 0.379 e. The quantitative estimate of drug-likeness (QED) is 0.197. The van der Waals surface area contributed by atoms with Crippen molar-refractivity contribution >= 4 is 47.6 Å². The van der Waals surface area contributed by atoms with Crippen LogP contribution < -0.4 is 10.6 Å². The van der Waals surface area contributed by atoms with Gasteiger partial charge < -0.3 is 25.0 Å². The Kier molecular flexibility index (Phi) is 15.8. The van der Waals surface area contributed by atoms with Gasteiger partial charge in [-0.25, -0.2) is 4.99 Å². The van der Waals surface area contributed by atoms with Crippen molar-refractivity contribution in [3.05, 3.63) is 0 Å². The van der Waals surface area contributed by atoms with Crippen molar-refractivity contribution in [2.75, 3.05) is 65.6 Å². The highest BCUT2D eigenvalue weighted by molar-refractivity contribution is 14.0. The molecule has 148 valence electrons. The average molecular weight is 488 g/mol. The molecule has 7 nitrogen and oxygen atoms in total. The molecule has 0 saturated carbocycles. The third-order valence-electron chi connectivity index (χ3n) is 3.56. The Morgan fingerprint density at radius 2 is 2.12 bits per heavy atom. The molecule has 0 spiro atoms. The molecule has 1 saturated heterocycles. The number of guanidine groups is 1. The van der Waals surface area contributed by atoms with Crippen molar-refractivity contribution in [1.29, 1.82) is 0 Å². The molecular weight excluding hydrogens is 455 g/mol. The fourth-order valence-electron chi connectivity index (χ4n) is 2.11. The van der Waals surface area contributed by atoms with Gasteiger partial charge in [0.15, 0.2) is 5.96 Å². The number of aliphatic imine (C=N–C) groups is 1. The van der Waals surface area contributed by atoms with Crippen LogP contribution in [0.4, 0.5) is 0 Å². The number of carbonyl (C=O) groups is 1. The van der Waals surface area contributed by atoms with Gasteiger partial charge in [-0.15, -0.1) is 24.0 Å². The molecule has 0 aromatic heterocycles. The molecule has 0 aliphatic carbocycles. The number of ether oxygens (including phenoxy) is 2. The first-order valence-electron chi connectivity index (χ1n) is 8.54. The van der Waals surface area contributed by atoms with Crippen LogP contribution in [0.15, 0.2) is 4.99 Å². The first-order chi connectivity index (χ1) is 11.6. The Morgan fingerprint density at radius 3 is 2.76 bits per heavy atom. The van der Waals surface area contributed by atoms with Crippen LogP contribution in [0.25, 0.3) is 0 Å². The predicted octanol–water partition coefficient (Wildman–Crippen LogP) is 1.18. The summed E-state index contributed by atoms with van der Waals surface area (Å²) in [6.07, 6.45) is 5.47. The molecule has 1 heterocycles. The maximum Gasteiger partial charge on any atom is 0.243 e. The minimum Gasteiger partial charge on any atom is -0.379 e. The van der Waals surface area contributed by atoms with Gasteiger partial charge in [-0.2, -0.15) is 11.8 Å². The van der Waals surface area contributed by atoms with Crippen LogP contribution >= 0.6 is 35.7 Å². The molecule has 0 radical (unpaired) electrons. The minimum absolute atomic E-state index is 0. The third-order valence-corrected chi connectivity index (χ3v) is 4.17. The molecule has 1 amide bonds. The normalized spacial score (nSPS) is 17.1. The summed E-state index contributed by atoms with van der Waals surface area (Å²) >= 11 is 1.77. The number of thioether (sulfide) groups is 1. The Labute approximate surface area is 173 Å². The van der Waals surface area contributed by atoms with E-state index in [9.17, 15) is 4.79 Å².